The van der Waals surface area contributed by atoms with E-state index in [1.165, 1.54) is 11.1 Å². The molecule has 0 atom stereocenters. The first kappa shape index (κ1) is 17.0. The van der Waals surface area contributed by atoms with Crippen molar-refractivity contribution in [3.8, 4) is 5.75 Å². The standard InChI is InChI=1S/C22H22O3/c23-21-16-19(15-14-18-10-5-2-6-11-18)25-22(24)20(21)13-7-12-17-8-3-1-4-9-17/h1-6,8-11,16,23H,7,12-15H2. The lowest BCUT2D eigenvalue weighted by molar-refractivity contribution is 0.411. The van der Waals surface area contributed by atoms with Gasteiger partial charge < -0.3 is 9.52 Å². The van der Waals surface area contributed by atoms with Crippen LogP contribution < -0.4 is 5.63 Å². The largest absolute Gasteiger partial charge is 0.507 e. The van der Waals surface area contributed by atoms with E-state index < -0.39 is 5.63 Å². The maximum Gasteiger partial charge on any atom is 0.342 e. The highest BCUT2D eigenvalue weighted by Gasteiger charge is 2.11. The Bertz CT molecular complexity index is 851. The molecule has 2 aromatic carbocycles. The van der Waals surface area contributed by atoms with Gasteiger partial charge in [0.05, 0.1) is 5.56 Å². The minimum atomic E-state index is -0.420. The van der Waals surface area contributed by atoms with Gasteiger partial charge in [-0.05, 0) is 36.8 Å². The van der Waals surface area contributed by atoms with Gasteiger partial charge in [0.15, 0.2) is 0 Å². The molecule has 1 N–H and O–H groups in total. The molecule has 0 fully saturated rings. The van der Waals surface area contributed by atoms with Crippen molar-refractivity contribution in [1.82, 2.24) is 0 Å². The minimum Gasteiger partial charge on any atom is -0.507 e. The zero-order valence-corrected chi connectivity index (χ0v) is 14.2. The quantitative estimate of drug-likeness (QED) is 0.700. The zero-order valence-electron chi connectivity index (χ0n) is 14.2. The molecule has 3 nitrogen and oxygen atoms in total. The van der Waals surface area contributed by atoms with Crippen molar-refractivity contribution in [1.29, 1.82) is 0 Å². The number of rotatable bonds is 7. The van der Waals surface area contributed by atoms with Crippen LogP contribution in [0.4, 0.5) is 0 Å². The van der Waals surface area contributed by atoms with Gasteiger partial charge in [-0.15, -0.1) is 0 Å². The van der Waals surface area contributed by atoms with E-state index in [9.17, 15) is 9.90 Å². The maximum atomic E-state index is 12.2. The Labute approximate surface area is 147 Å². The summed E-state index contributed by atoms with van der Waals surface area (Å²) in [6.45, 7) is 0. The van der Waals surface area contributed by atoms with E-state index in [1.54, 1.807) is 6.07 Å². The molecule has 0 saturated carbocycles. The SMILES string of the molecule is O=c1oc(CCc2ccccc2)cc(O)c1CCCc1ccccc1. The van der Waals surface area contributed by atoms with Crippen LogP contribution in [0.1, 0.15) is 28.9 Å². The van der Waals surface area contributed by atoms with Crippen LogP contribution in [0.3, 0.4) is 0 Å². The van der Waals surface area contributed by atoms with Crippen LogP contribution in [-0.2, 0) is 25.7 Å². The molecule has 0 amide bonds. The third-order valence-corrected chi connectivity index (χ3v) is 4.32. The Balaban J connectivity index is 1.61. The summed E-state index contributed by atoms with van der Waals surface area (Å²) in [5, 5.41) is 10.2. The highest BCUT2D eigenvalue weighted by molar-refractivity contribution is 5.31. The molecule has 128 valence electrons. The lowest BCUT2D eigenvalue weighted by atomic mass is 10.0. The van der Waals surface area contributed by atoms with Crippen molar-refractivity contribution < 1.29 is 9.52 Å². The van der Waals surface area contributed by atoms with Crippen molar-refractivity contribution in [3.63, 3.8) is 0 Å². The fraction of sp³-hybridized carbons (Fsp3) is 0.227. The van der Waals surface area contributed by atoms with E-state index in [-0.39, 0.29) is 5.75 Å². The van der Waals surface area contributed by atoms with Crippen LogP contribution in [0.15, 0.2) is 75.9 Å². The Hall–Kier alpha value is -2.81. The molecule has 1 aromatic heterocycles. The maximum absolute atomic E-state index is 12.2. The molecule has 0 spiro atoms. The molecule has 0 unspecified atom stereocenters. The molecular formula is C22H22O3. The summed E-state index contributed by atoms with van der Waals surface area (Å²) in [6, 6.07) is 21.7. The second-order valence-electron chi connectivity index (χ2n) is 6.19. The molecular weight excluding hydrogens is 312 g/mol. The fourth-order valence-electron chi connectivity index (χ4n) is 2.93. The predicted molar refractivity (Wildman–Crippen MR) is 99.0 cm³/mol. The molecule has 0 radical (unpaired) electrons. The summed E-state index contributed by atoms with van der Waals surface area (Å²) in [7, 11) is 0. The van der Waals surface area contributed by atoms with Gasteiger partial charge in [0.2, 0.25) is 0 Å². The predicted octanol–water partition coefficient (Wildman–Crippen LogP) is 4.31. The normalized spacial score (nSPS) is 10.7. The Kier molecular flexibility index (Phi) is 5.68. The summed E-state index contributed by atoms with van der Waals surface area (Å²) in [5.74, 6) is 0.575. The van der Waals surface area contributed by atoms with E-state index in [1.807, 2.05) is 48.5 Å². The second-order valence-corrected chi connectivity index (χ2v) is 6.19. The second kappa shape index (κ2) is 8.34. The molecule has 1 heterocycles. The average molecular weight is 334 g/mol. The highest BCUT2D eigenvalue weighted by atomic mass is 16.4. The Morgan fingerprint density at radius 2 is 1.36 bits per heavy atom. The van der Waals surface area contributed by atoms with Crippen LogP contribution in [-0.4, -0.2) is 5.11 Å². The van der Waals surface area contributed by atoms with Gasteiger partial charge in [0, 0.05) is 12.5 Å². The van der Waals surface area contributed by atoms with Gasteiger partial charge in [-0.2, -0.15) is 0 Å². The van der Waals surface area contributed by atoms with E-state index >= 15 is 0 Å². The van der Waals surface area contributed by atoms with Crippen molar-refractivity contribution >= 4 is 0 Å². The van der Waals surface area contributed by atoms with Crippen LogP contribution in [0.25, 0.3) is 0 Å². The van der Waals surface area contributed by atoms with Gasteiger partial charge in [-0.1, -0.05) is 60.7 Å². The molecule has 0 aliphatic heterocycles. The molecule has 0 aliphatic rings. The summed E-state index contributed by atoms with van der Waals surface area (Å²) in [4.78, 5) is 12.2. The first-order chi connectivity index (χ1) is 12.2. The van der Waals surface area contributed by atoms with Crippen molar-refractivity contribution in [2.45, 2.75) is 32.1 Å². The van der Waals surface area contributed by atoms with Crippen molar-refractivity contribution in [2.24, 2.45) is 0 Å². The summed E-state index contributed by atoms with van der Waals surface area (Å²) in [6.07, 6.45) is 3.55. The highest BCUT2D eigenvalue weighted by Crippen LogP contribution is 2.19. The van der Waals surface area contributed by atoms with E-state index in [0.29, 0.717) is 24.2 Å². The molecule has 3 heteroatoms. The van der Waals surface area contributed by atoms with Crippen LogP contribution in [0.5, 0.6) is 5.75 Å². The Morgan fingerprint density at radius 3 is 1.96 bits per heavy atom. The smallest absolute Gasteiger partial charge is 0.342 e. The van der Waals surface area contributed by atoms with Gasteiger partial charge in [-0.25, -0.2) is 4.79 Å². The van der Waals surface area contributed by atoms with Crippen molar-refractivity contribution in [2.75, 3.05) is 0 Å². The summed E-state index contributed by atoms with van der Waals surface area (Å²) < 4.78 is 5.40. The molecule has 0 bridgehead atoms. The van der Waals surface area contributed by atoms with E-state index in [2.05, 4.69) is 12.1 Å². The van der Waals surface area contributed by atoms with Gasteiger partial charge in [0.1, 0.15) is 11.5 Å². The summed E-state index contributed by atoms with van der Waals surface area (Å²) >= 11 is 0. The van der Waals surface area contributed by atoms with Crippen LogP contribution in [0.2, 0.25) is 0 Å². The number of benzene rings is 2. The Morgan fingerprint density at radius 1 is 0.760 bits per heavy atom. The van der Waals surface area contributed by atoms with Crippen LogP contribution >= 0.6 is 0 Å². The number of hydrogen-bond acceptors (Lipinski definition) is 3. The zero-order chi connectivity index (χ0) is 17.5. The third-order valence-electron chi connectivity index (χ3n) is 4.32. The lowest BCUT2D eigenvalue weighted by Crippen LogP contribution is -2.10. The van der Waals surface area contributed by atoms with Crippen LogP contribution in [0, 0.1) is 0 Å². The number of hydrogen-bond donors (Lipinski definition) is 1. The first-order valence-corrected chi connectivity index (χ1v) is 8.65. The van der Waals surface area contributed by atoms with Gasteiger partial charge in [0.25, 0.3) is 0 Å². The third kappa shape index (κ3) is 4.83. The number of aromatic hydroxyl groups is 1. The fourth-order valence-corrected chi connectivity index (χ4v) is 2.93. The van der Waals surface area contributed by atoms with E-state index in [0.717, 1.165) is 19.3 Å². The van der Waals surface area contributed by atoms with Crippen molar-refractivity contribution in [3.05, 3.63) is 99.6 Å². The minimum absolute atomic E-state index is 0.0485. The molecule has 3 aromatic rings. The molecule has 0 aliphatic carbocycles. The van der Waals surface area contributed by atoms with Gasteiger partial charge >= 0.3 is 5.63 Å². The molecule has 3 rings (SSSR count). The monoisotopic (exact) mass is 334 g/mol. The van der Waals surface area contributed by atoms with Gasteiger partial charge in [-0.3, -0.25) is 0 Å². The average Bonchev–Trinajstić information content (AvgIpc) is 2.64. The molecule has 0 saturated heterocycles. The lowest BCUT2D eigenvalue weighted by Gasteiger charge is -2.06. The molecule has 25 heavy (non-hydrogen) atoms. The van der Waals surface area contributed by atoms with E-state index in [4.69, 9.17) is 4.42 Å². The first-order valence-electron chi connectivity index (χ1n) is 8.65. The topological polar surface area (TPSA) is 50.4 Å². The summed E-state index contributed by atoms with van der Waals surface area (Å²) in [5.41, 5.74) is 2.36. The number of aryl methyl sites for hydroxylation is 3.